The molecule has 3 N–H and O–H groups in total. The molecule has 0 saturated heterocycles. The number of carbonyl (C=O) groups excluding carboxylic acids is 1. The van der Waals surface area contributed by atoms with E-state index in [1.807, 2.05) is 31.2 Å². The maximum absolute atomic E-state index is 12.4. The number of fused-ring (bicyclic) bond motifs is 1. The molecule has 4 nitrogen and oxygen atoms in total. The van der Waals surface area contributed by atoms with Crippen LogP contribution in [0.2, 0.25) is 0 Å². The maximum Gasteiger partial charge on any atom is 0.253 e. The van der Waals surface area contributed by atoms with Crippen LogP contribution in [-0.4, -0.2) is 28.1 Å². The lowest BCUT2D eigenvalue weighted by atomic mass is 9.94. The van der Waals surface area contributed by atoms with E-state index in [4.69, 9.17) is 0 Å². The summed E-state index contributed by atoms with van der Waals surface area (Å²) < 4.78 is 0. The van der Waals surface area contributed by atoms with Crippen LogP contribution in [-0.2, 0) is 0 Å². The van der Waals surface area contributed by atoms with Gasteiger partial charge in [-0.25, -0.2) is 0 Å². The van der Waals surface area contributed by atoms with Gasteiger partial charge >= 0.3 is 0 Å². The predicted molar refractivity (Wildman–Crippen MR) is 85.4 cm³/mol. The van der Waals surface area contributed by atoms with Crippen LogP contribution >= 0.6 is 0 Å². The topological polar surface area (TPSA) is 65.1 Å². The molecule has 1 aromatic carbocycles. The molecule has 114 valence electrons. The van der Waals surface area contributed by atoms with Crippen LogP contribution in [0.4, 0.5) is 0 Å². The number of para-hydroxylation sites is 1. The normalized spacial score (nSPS) is 14.4. The largest absolute Gasteiger partial charge is 0.388 e. The average Bonchev–Trinajstić information content (AvgIpc) is 2.70. The van der Waals surface area contributed by atoms with Crippen molar-refractivity contribution in [2.45, 2.75) is 39.7 Å². The van der Waals surface area contributed by atoms with Crippen molar-refractivity contribution in [2.75, 3.05) is 6.54 Å². The highest BCUT2D eigenvalue weighted by atomic mass is 16.3. The molecule has 1 atom stereocenters. The molecule has 0 aliphatic carbocycles. The van der Waals surface area contributed by atoms with E-state index in [1.165, 1.54) is 0 Å². The molecule has 0 fully saturated rings. The van der Waals surface area contributed by atoms with Crippen molar-refractivity contribution >= 4 is 16.8 Å². The number of aryl methyl sites for hydroxylation is 1. The molecule has 0 bridgehead atoms. The smallest absolute Gasteiger partial charge is 0.253 e. The van der Waals surface area contributed by atoms with Gasteiger partial charge in [-0.05, 0) is 32.3 Å². The van der Waals surface area contributed by atoms with Crippen molar-refractivity contribution in [1.29, 1.82) is 0 Å². The summed E-state index contributed by atoms with van der Waals surface area (Å²) in [6.07, 6.45) is 0.653. The van der Waals surface area contributed by atoms with Gasteiger partial charge in [0.2, 0.25) is 0 Å². The summed E-state index contributed by atoms with van der Waals surface area (Å²) in [5.74, 6) is 0.237. The highest BCUT2D eigenvalue weighted by Crippen LogP contribution is 2.22. The van der Waals surface area contributed by atoms with E-state index in [1.54, 1.807) is 6.92 Å². The van der Waals surface area contributed by atoms with Crippen LogP contribution in [0, 0.1) is 12.8 Å². The molecule has 21 heavy (non-hydrogen) atoms. The molecule has 0 saturated carbocycles. The second-order valence-corrected chi connectivity index (χ2v) is 6.45. The van der Waals surface area contributed by atoms with Crippen molar-refractivity contribution in [1.82, 2.24) is 10.3 Å². The molecular weight excluding hydrogens is 264 g/mol. The average molecular weight is 288 g/mol. The van der Waals surface area contributed by atoms with Gasteiger partial charge in [-0.15, -0.1) is 0 Å². The Labute approximate surface area is 125 Å². The number of hydrogen-bond acceptors (Lipinski definition) is 2. The van der Waals surface area contributed by atoms with Gasteiger partial charge in [0.1, 0.15) is 0 Å². The molecule has 0 aliphatic heterocycles. The minimum absolute atomic E-state index is 0.144. The summed E-state index contributed by atoms with van der Waals surface area (Å²) in [6, 6.07) is 7.74. The van der Waals surface area contributed by atoms with Gasteiger partial charge in [-0.3, -0.25) is 4.79 Å². The van der Waals surface area contributed by atoms with Crippen LogP contribution < -0.4 is 5.32 Å². The molecule has 2 aromatic rings. The predicted octanol–water partition coefficient (Wildman–Crippen LogP) is 3.00. The molecule has 0 radical (unpaired) electrons. The van der Waals surface area contributed by atoms with Crippen molar-refractivity contribution < 1.29 is 9.90 Å². The van der Waals surface area contributed by atoms with Crippen LogP contribution in [0.15, 0.2) is 24.3 Å². The Balaban J connectivity index is 2.14. The lowest BCUT2D eigenvalue weighted by Gasteiger charge is -2.25. The maximum atomic E-state index is 12.4. The number of aliphatic hydroxyl groups is 1. The Kier molecular flexibility index (Phi) is 4.37. The lowest BCUT2D eigenvalue weighted by molar-refractivity contribution is 0.0368. The van der Waals surface area contributed by atoms with Crippen LogP contribution in [0.1, 0.15) is 43.2 Å². The van der Waals surface area contributed by atoms with E-state index in [0.29, 0.717) is 17.9 Å². The van der Waals surface area contributed by atoms with Crippen LogP contribution in [0.3, 0.4) is 0 Å². The number of benzene rings is 1. The third-order valence-electron chi connectivity index (χ3n) is 3.60. The van der Waals surface area contributed by atoms with Gasteiger partial charge < -0.3 is 15.4 Å². The quantitative estimate of drug-likeness (QED) is 0.792. The van der Waals surface area contributed by atoms with E-state index in [9.17, 15) is 9.90 Å². The number of hydrogen-bond donors (Lipinski definition) is 3. The number of nitrogens with one attached hydrogen (secondary N) is 2. The van der Waals surface area contributed by atoms with Gasteiger partial charge in [0.05, 0.1) is 11.2 Å². The second-order valence-electron chi connectivity index (χ2n) is 6.45. The zero-order valence-corrected chi connectivity index (χ0v) is 13.2. The summed E-state index contributed by atoms with van der Waals surface area (Å²) in [5, 5.41) is 14.1. The Morgan fingerprint density at radius 3 is 2.71 bits per heavy atom. The Morgan fingerprint density at radius 2 is 2.05 bits per heavy atom. The molecule has 2 rings (SSSR count). The first-order valence-electron chi connectivity index (χ1n) is 7.38. The third-order valence-corrected chi connectivity index (χ3v) is 3.60. The van der Waals surface area contributed by atoms with E-state index in [-0.39, 0.29) is 12.5 Å². The standard InChI is InChI=1S/C17H24N2O2/c1-11(2)9-17(4,21)10-18-16(20)15-12(3)19-14-8-6-5-7-13(14)15/h5-8,11,19,21H,9-10H2,1-4H3,(H,18,20). The number of amides is 1. The monoisotopic (exact) mass is 288 g/mol. The number of carbonyl (C=O) groups is 1. The van der Waals surface area contributed by atoms with Gasteiger partial charge in [0, 0.05) is 23.1 Å². The lowest BCUT2D eigenvalue weighted by Crippen LogP contribution is -2.41. The summed E-state index contributed by atoms with van der Waals surface area (Å²) in [4.78, 5) is 15.6. The van der Waals surface area contributed by atoms with Gasteiger partial charge in [0.25, 0.3) is 5.91 Å². The summed E-state index contributed by atoms with van der Waals surface area (Å²) in [7, 11) is 0. The van der Waals surface area contributed by atoms with E-state index < -0.39 is 5.60 Å². The zero-order valence-electron chi connectivity index (χ0n) is 13.2. The first-order valence-corrected chi connectivity index (χ1v) is 7.38. The molecule has 0 aliphatic rings. The third kappa shape index (κ3) is 3.64. The number of rotatable bonds is 5. The van der Waals surface area contributed by atoms with Crippen LogP contribution in [0.5, 0.6) is 0 Å². The number of aromatic nitrogens is 1. The van der Waals surface area contributed by atoms with Crippen molar-refractivity contribution in [2.24, 2.45) is 5.92 Å². The molecular formula is C17H24N2O2. The first kappa shape index (κ1) is 15.6. The molecule has 1 unspecified atom stereocenters. The Morgan fingerprint density at radius 1 is 1.38 bits per heavy atom. The van der Waals surface area contributed by atoms with E-state index in [2.05, 4.69) is 24.1 Å². The minimum atomic E-state index is -0.885. The van der Waals surface area contributed by atoms with Crippen molar-refractivity contribution in [3.05, 3.63) is 35.5 Å². The Hall–Kier alpha value is -1.81. The zero-order chi connectivity index (χ0) is 15.6. The van der Waals surface area contributed by atoms with E-state index >= 15 is 0 Å². The summed E-state index contributed by atoms with van der Waals surface area (Å²) in [5.41, 5.74) is 1.57. The van der Waals surface area contributed by atoms with Gasteiger partial charge in [-0.2, -0.15) is 0 Å². The molecule has 1 amide bonds. The molecule has 1 heterocycles. The number of aromatic amines is 1. The summed E-state index contributed by atoms with van der Waals surface area (Å²) >= 11 is 0. The highest BCUT2D eigenvalue weighted by Gasteiger charge is 2.24. The highest BCUT2D eigenvalue weighted by molar-refractivity contribution is 6.08. The molecule has 0 spiro atoms. The Bertz CT molecular complexity index is 641. The van der Waals surface area contributed by atoms with Gasteiger partial charge in [-0.1, -0.05) is 32.0 Å². The molecule has 1 aromatic heterocycles. The minimum Gasteiger partial charge on any atom is -0.388 e. The molecule has 4 heteroatoms. The van der Waals surface area contributed by atoms with Crippen molar-refractivity contribution in [3.8, 4) is 0 Å². The first-order chi connectivity index (χ1) is 9.80. The SMILES string of the molecule is Cc1[nH]c2ccccc2c1C(=O)NCC(C)(O)CC(C)C. The second kappa shape index (κ2) is 5.90. The van der Waals surface area contributed by atoms with Crippen molar-refractivity contribution in [3.63, 3.8) is 0 Å². The fraction of sp³-hybridized carbons (Fsp3) is 0.471. The van der Waals surface area contributed by atoms with E-state index in [0.717, 1.165) is 16.6 Å². The van der Waals surface area contributed by atoms with Gasteiger partial charge in [0.15, 0.2) is 0 Å². The fourth-order valence-electron chi connectivity index (χ4n) is 2.88. The van der Waals surface area contributed by atoms with Crippen LogP contribution in [0.25, 0.3) is 10.9 Å². The fourth-order valence-corrected chi connectivity index (χ4v) is 2.88. The number of H-pyrrole nitrogens is 1. The summed E-state index contributed by atoms with van der Waals surface area (Å²) in [6.45, 7) is 8.01.